The fraction of sp³-hybridized carbons (Fsp3) is 0.600. The van der Waals surface area contributed by atoms with Crippen molar-refractivity contribution in [1.82, 2.24) is 10.2 Å². The van der Waals surface area contributed by atoms with Crippen molar-refractivity contribution in [3.8, 4) is 0 Å². The molecule has 0 bridgehead atoms. The van der Waals surface area contributed by atoms with Gasteiger partial charge in [-0.05, 0) is 24.1 Å². The summed E-state index contributed by atoms with van der Waals surface area (Å²) >= 11 is 0. The van der Waals surface area contributed by atoms with Gasteiger partial charge in [0.15, 0.2) is 0 Å². The molecule has 0 aromatic heterocycles. The third-order valence-corrected chi connectivity index (χ3v) is 3.97. The van der Waals surface area contributed by atoms with Crippen molar-refractivity contribution in [2.75, 3.05) is 26.2 Å². The van der Waals surface area contributed by atoms with Gasteiger partial charge in [0.1, 0.15) is 5.82 Å². The molecule has 0 spiro atoms. The lowest BCUT2D eigenvalue weighted by Gasteiger charge is -2.35. The quantitative estimate of drug-likeness (QED) is 0.753. The Labute approximate surface area is 146 Å². The Hall–Kier alpha value is -1.06. The molecule has 0 unspecified atom stereocenters. The van der Waals surface area contributed by atoms with E-state index < -0.39 is 36.2 Å². The molecule has 1 N–H and O–H groups in total. The first kappa shape index (κ1) is 22.0. The molecule has 1 aliphatic heterocycles. The number of nitrogens with one attached hydrogen (secondary N) is 1. The van der Waals surface area contributed by atoms with Crippen LogP contribution in [0.4, 0.5) is 30.7 Å². The van der Waals surface area contributed by atoms with Gasteiger partial charge in [0.05, 0.1) is 5.56 Å². The average molecular weight is 395 g/mol. The van der Waals surface area contributed by atoms with E-state index in [1.54, 1.807) is 4.90 Å². The van der Waals surface area contributed by atoms with Crippen LogP contribution >= 0.6 is 12.4 Å². The molecule has 1 atom stereocenters. The summed E-state index contributed by atoms with van der Waals surface area (Å²) in [4.78, 5) is 1.70. The van der Waals surface area contributed by atoms with Crippen molar-refractivity contribution in [1.29, 1.82) is 0 Å². The van der Waals surface area contributed by atoms with Crippen molar-refractivity contribution in [2.24, 2.45) is 0 Å². The Bertz CT molecular complexity index is 554. The van der Waals surface area contributed by atoms with E-state index in [0.717, 1.165) is 6.07 Å². The van der Waals surface area contributed by atoms with E-state index in [0.29, 0.717) is 38.3 Å². The summed E-state index contributed by atoms with van der Waals surface area (Å²) in [5, 5.41) is 3.03. The van der Waals surface area contributed by atoms with Crippen LogP contribution in [0.25, 0.3) is 0 Å². The van der Waals surface area contributed by atoms with Crippen molar-refractivity contribution in [3.05, 3.63) is 35.1 Å². The highest BCUT2D eigenvalue weighted by molar-refractivity contribution is 5.85. The number of nitrogens with zero attached hydrogens (tertiary/aromatic N) is 1. The van der Waals surface area contributed by atoms with Gasteiger partial charge < -0.3 is 5.32 Å². The molecule has 1 saturated heterocycles. The fourth-order valence-electron chi connectivity index (χ4n) is 2.82. The summed E-state index contributed by atoms with van der Waals surface area (Å²) in [7, 11) is 0. The normalized spacial score (nSPS) is 17.9. The molecule has 0 saturated carbocycles. The van der Waals surface area contributed by atoms with Gasteiger partial charge in [-0.3, -0.25) is 4.90 Å². The third-order valence-electron chi connectivity index (χ3n) is 3.97. The molecule has 0 radical (unpaired) electrons. The highest BCUT2D eigenvalue weighted by Gasteiger charge is 2.36. The number of hydrogen-bond acceptors (Lipinski definition) is 2. The summed E-state index contributed by atoms with van der Waals surface area (Å²) in [6, 6.07) is 1.59. The van der Waals surface area contributed by atoms with Crippen LogP contribution < -0.4 is 5.32 Å². The van der Waals surface area contributed by atoms with E-state index in [1.165, 1.54) is 0 Å². The molecule has 0 amide bonds. The van der Waals surface area contributed by atoms with Gasteiger partial charge in [-0.25, -0.2) is 4.39 Å². The molecule has 1 fully saturated rings. The lowest BCUT2D eigenvalue weighted by atomic mass is 9.97. The minimum Gasteiger partial charge on any atom is -0.314 e. The van der Waals surface area contributed by atoms with Gasteiger partial charge in [-0.2, -0.15) is 26.3 Å². The van der Waals surface area contributed by atoms with Crippen LogP contribution in [0.2, 0.25) is 0 Å². The van der Waals surface area contributed by atoms with Gasteiger partial charge in [-0.15, -0.1) is 12.4 Å². The van der Waals surface area contributed by atoms with Gasteiger partial charge >= 0.3 is 12.4 Å². The Balaban J connectivity index is 0.00000312. The summed E-state index contributed by atoms with van der Waals surface area (Å²) in [6.07, 6.45) is -10.8. The molecule has 1 aromatic carbocycles. The number of piperazine rings is 1. The van der Waals surface area contributed by atoms with E-state index in [-0.39, 0.29) is 24.4 Å². The van der Waals surface area contributed by atoms with E-state index >= 15 is 0 Å². The zero-order valence-electron chi connectivity index (χ0n) is 13.1. The largest absolute Gasteiger partial charge is 0.419 e. The first-order valence-electron chi connectivity index (χ1n) is 7.46. The van der Waals surface area contributed by atoms with Crippen LogP contribution in [0, 0.1) is 5.82 Å². The molecule has 0 aliphatic carbocycles. The molecule has 144 valence electrons. The van der Waals surface area contributed by atoms with E-state index in [4.69, 9.17) is 0 Å². The Morgan fingerprint density at radius 3 is 2.16 bits per heavy atom. The smallest absolute Gasteiger partial charge is 0.314 e. The number of alkyl halides is 6. The molecule has 1 aliphatic rings. The lowest BCUT2D eigenvalue weighted by molar-refractivity contribution is -0.141. The number of benzene rings is 1. The summed E-state index contributed by atoms with van der Waals surface area (Å²) in [6.45, 7) is 1.91. The van der Waals surface area contributed by atoms with Gasteiger partial charge in [0, 0.05) is 38.6 Å². The maximum absolute atomic E-state index is 13.4. The summed E-state index contributed by atoms with van der Waals surface area (Å²) in [5.74, 6) is -1.43. The van der Waals surface area contributed by atoms with Crippen LogP contribution in [0.5, 0.6) is 0 Å². The monoisotopic (exact) mass is 394 g/mol. The lowest BCUT2D eigenvalue weighted by Crippen LogP contribution is -2.45. The minimum atomic E-state index is -4.89. The molecule has 2 nitrogen and oxygen atoms in total. The van der Waals surface area contributed by atoms with Gasteiger partial charge in [0.25, 0.3) is 0 Å². The van der Waals surface area contributed by atoms with E-state index in [9.17, 15) is 30.7 Å². The Kier molecular flexibility index (Phi) is 7.52. The first-order valence-corrected chi connectivity index (χ1v) is 7.46. The van der Waals surface area contributed by atoms with Gasteiger partial charge in [0.2, 0.25) is 0 Å². The third kappa shape index (κ3) is 6.31. The van der Waals surface area contributed by atoms with Gasteiger partial charge in [-0.1, -0.05) is 6.07 Å². The second kappa shape index (κ2) is 8.55. The zero-order valence-corrected chi connectivity index (χ0v) is 13.9. The van der Waals surface area contributed by atoms with Crippen molar-refractivity contribution in [2.45, 2.75) is 31.2 Å². The standard InChI is InChI=1S/C15H17F7N2.ClH/c16-12-2-1-10(9-11(12)15(20,21)22)13(3-4-14(17,18)19)24-7-5-23-6-8-24;/h1-2,9,13,23H,3-8H2;1H/t13-;/m0./s1. The maximum atomic E-state index is 13.4. The van der Waals surface area contributed by atoms with Crippen molar-refractivity contribution < 1.29 is 30.7 Å². The summed E-state index contributed by atoms with van der Waals surface area (Å²) < 4.78 is 89.7. The first-order chi connectivity index (χ1) is 11.1. The van der Waals surface area contributed by atoms with E-state index in [2.05, 4.69) is 5.32 Å². The molecule has 2 rings (SSSR count). The van der Waals surface area contributed by atoms with Crippen LogP contribution in [-0.4, -0.2) is 37.3 Å². The molecule has 1 aromatic rings. The maximum Gasteiger partial charge on any atom is 0.419 e. The second-order valence-electron chi connectivity index (χ2n) is 5.69. The minimum absolute atomic E-state index is 0. The fourth-order valence-corrected chi connectivity index (χ4v) is 2.82. The molecular formula is C15H18ClF7N2. The molecule has 10 heteroatoms. The molecular weight excluding hydrogens is 377 g/mol. The van der Waals surface area contributed by atoms with E-state index in [1.807, 2.05) is 0 Å². The molecule has 25 heavy (non-hydrogen) atoms. The predicted octanol–water partition coefficient (Wildman–Crippen LogP) is 4.56. The van der Waals surface area contributed by atoms with Crippen LogP contribution in [-0.2, 0) is 6.18 Å². The average Bonchev–Trinajstić information content (AvgIpc) is 2.47. The number of hydrogen-bond donors (Lipinski definition) is 1. The number of halogens is 8. The topological polar surface area (TPSA) is 15.3 Å². The van der Waals surface area contributed by atoms with Crippen LogP contribution in [0.1, 0.15) is 30.0 Å². The second-order valence-corrected chi connectivity index (χ2v) is 5.69. The van der Waals surface area contributed by atoms with Crippen molar-refractivity contribution >= 4 is 12.4 Å². The number of rotatable bonds is 4. The zero-order chi connectivity index (χ0) is 18.0. The van der Waals surface area contributed by atoms with Crippen LogP contribution in [0.3, 0.4) is 0 Å². The predicted molar refractivity (Wildman–Crippen MR) is 81.1 cm³/mol. The highest BCUT2D eigenvalue weighted by Crippen LogP contribution is 2.36. The van der Waals surface area contributed by atoms with Crippen molar-refractivity contribution in [3.63, 3.8) is 0 Å². The highest BCUT2D eigenvalue weighted by atomic mass is 35.5. The Morgan fingerprint density at radius 2 is 1.64 bits per heavy atom. The SMILES string of the molecule is Cl.Fc1ccc([C@H](CCC(F)(F)F)N2CCNCC2)cc1C(F)(F)F. The molecule has 1 heterocycles. The summed E-state index contributed by atoms with van der Waals surface area (Å²) in [5.41, 5.74) is -1.40. The Morgan fingerprint density at radius 1 is 1.04 bits per heavy atom. The van der Waals surface area contributed by atoms with Crippen LogP contribution in [0.15, 0.2) is 18.2 Å².